The van der Waals surface area contributed by atoms with Gasteiger partial charge in [0.15, 0.2) is 0 Å². The van der Waals surface area contributed by atoms with Crippen LogP contribution in [0.15, 0.2) is 41.4 Å². The van der Waals surface area contributed by atoms with E-state index in [4.69, 9.17) is 5.14 Å². The second-order valence-electron chi connectivity index (χ2n) is 4.48. The number of carbonyl (C=O) groups is 1. The number of amides is 1. The molecule has 0 unspecified atom stereocenters. The molecule has 0 saturated heterocycles. The fraction of sp³-hybridized carbons (Fsp3) is 0.154. The van der Waals surface area contributed by atoms with E-state index in [0.717, 1.165) is 0 Å². The van der Waals surface area contributed by atoms with Gasteiger partial charge < -0.3 is 9.88 Å². The summed E-state index contributed by atoms with van der Waals surface area (Å²) in [4.78, 5) is 12.1. The molecule has 1 heterocycles. The van der Waals surface area contributed by atoms with Gasteiger partial charge in [0.1, 0.15) is 5.69 Å². The van der Waals surface area contributed by atoms with Gasteiger partial charge in [-0.05, 0) is 42.8 Å². The molecule has 0 bridgehead atoms. The molecule has 2 rings (SSSR count). The number of anilines is 1. The third kappa shape index (κ3) is 2.89. The number of nitrogens with zero attached hydrogens (tertiary/aromatic N) is 1. The molecule has 2 aromatic rings. The van der Waals surface area contributed by atoms with E-state index in [-0.39, 0.29) is 10.8 Å². The molecule has 0 aliphatic heterocycles. The average molecular weight is 293 g/mol. The second kappa shape index (κ2) is 5.10. The number of rotatable bonds is 3. The van der Waals surface area contributed by atoms with E-state index < -0.39 is 10.0 Å². The number of nitrogens with two attached hydrogens (primary N) is 1. The summed E-state index contributed by atoms with van der Waals surface area (Å²) in [5.74, 6) is -0.260. The molecule has 1 aromatic carbocycles. The Kier molecular flexibility index (Phi) is 3.65. The predicted octanol–water partition coefficient (Wildman–Crippen LogP) is 1.23. The number of primary sulfonamides is 1. The van der Waals surface area contributed by atoms with Crippen LogP contribution in [0.5, 0.6) is 0 Å². The van der Waals surface area contributed by atoms with E-state index in [0.29, 0.717) is 16.9 Å². The third-order valence-corrected chi connectivity index (χ3v) is 3.86. The number of nitrogens with one attached hydrogen (secondary N) is 1. The second-order valence-corrected chi connectivity index (χ2v) is 6.04. The quantitative estimate of drug-likeness (QED) is 0.891. The fourth-order valence-corrected chi connectivity index (χ4v) is 2.44. The first-order chi connectivity index (χ1) is 9.29. The summed E-state index contributed by atoms with van der Waals surface area (Å²) in [6.07, 6.45) is 1.77. The maximum absolute atomic E-state index is 12.1. The maximum Gasteiger partial charge on any atom is 0.272 e. The van der Waals surface area contributed by atoms with Crippen LogP contribution in [0.4, 0.5) is 5.69 Å². The van der Waals surface area contributed by atoms with Crippen molar-refractivity contribution in [1.82, 2.24) is 4.57 Å². The van der Waals surface area contributed by atoms with E-state index in [1.54, 1.807) is 36.9 Å². The van der Waals surface area contributed by atoms with Crippen molar-refractivity contribution >= 4 is 21.6 Å². The molecule has 0 aliphatic carbocycles. The smallest absolute Gasteiger partial charge is 0.272 e. The summed E-state index contributed by atoms with van der Waals surface area (Å²) in [5, 5.41) is 7.79. The summed E-state index contributed by atoms with van der Waals surface area (Å²) in [5.41, 5.74) is 1.68. The normalized spacial score (nSPS) is 11.3. The topological polar surface area (TPSA) is 94.2 Å². The van der Waals surface area contributed by atoms with Gasteiger partial charge in [0.2, 0.25) is 10.0 Å². The van der Waals surface area contributed by atoms with Gasteiger partial charge in [-0.3, -0.25) is 4.79 Å². The zero-order chi connectivity index (χ0) is 14.9. The SMILES string of the molecule is Cc1cc(S(N)(=O)=O)ccc1NC(=O)c1cccn1C. The predicted molar refractivity (Wildman–Crippen MR) is 75.9 cm³/mol. The lowest BCUT2D eigenvalue weighted by atomic mass is 10.2. The van der Waals surface area contributed by atoms with Gasteiger partial charge in [-0.25, -0.2) is 13.6 Å². The molecule has 0 atom stereocenters. The molecule has 1 amide bonds. The van der Waals surface area contributed by atoms with Gasteiger partial charge >= 0.3 is 0 Å². The van der Waals surface area contributed by atoms with Crippen molar-refractivity contribution in [1.29, 1.82) is 0 Å². The molecule has 3 N–H and O–H groups in total. The van der Waals surface area contributed by atoms with Gasteiger partial charge in [-0.1, -0.05) is 0 Å². The van der Waals surface area contributed by atoms with Crippen molar-refractivity contribution in [3.63, 3.8) is 0 Å². The highest BCUT2D eigenvalue weighted by molar-refractivity contribution is 7.89. The summed E-state index contributed by atoms with van der Waals surface area (Å²) in [7, 11) is -1.97. The molecular weight excluding hydrogens is 278 g/mol. The number of benzene rings is 1. The van der Waals surface area contributed by atoms with E-state index >= 15 is 0 Å². The fourth-order valence-electron chi connectivity index (χ4n) is 1.84. The Bertz CT molecular complexity index is 763. The van der Waals surface area contributed by atoms with E-state index in [1.807, 2.05) is 0 Å². The number of hydrogen-bond donors (Lipinski definition) is 2. The Morgan fingerprint density at radius 2 is 2.00 bits per heavy atom. The summed E-state index contributed by atoms with van der Waals surface area (Å²) >= 11 is 0. The summed E-state index contributed by atoms with van der Waals surface area (Å²) in [6, 6.07) is 7.78. The first kappa shape index (κ1) is 14.3. The van der Waals surface area contributed by atoms with Gasteiger partial charge in [-0.2, -0.15) is 0 Å². The monoisotopic (exact) mass is 293 g/mol. The molecule has 1 aromatic heterocycles. The molecule has 20 heavy (non-hydrogen) atoms. The van der Waals surface area contributed by atoms with Crippen LogP contribution in [0.2, 0.25) is 0 Å². The van der Waals surface area contributed by atoms with Crippen LogP contribution < -0.4 is 10.5 Å². The van der Waals surface area contributed by atoms with Crippen LogP contribution in [0.1, 0.15) is 16.1 Å². The highest BCUT2D eigenvalue weighted by atomic mass is 32.2. The lowest BCUT2D eigenvalue weighted by Crippen LogP contribution is -2.17. The van der Waals surface area contributed by atoms with Crippen molar-refractivity contribution in [2.24, 2.45) is 12.2 Å². The Balaban J connectivity index is 2.27. The molecule has 6 nitrogen and oxygen atoms in total. The Morgan fingerprint density at radius 1 is 1.30 bits per heavy atom. The van der Waals surface area contributed by atoms with Crippen LogP contribution >= 0.6 is 0 Å². The van der Waals surface area contributed by atoms with Crippen molar-refractivity contribution in [2.75, 3.05) is 5.32 Å². The zero-order valence-corrected chi connectivity index (χ0v) is 11.9. The number of aryl methyl sites for hydroxylation is 2. The largest absolute Gasteiger partial charge is 0.347 e. The maximum atomic E-state index is 12.1. The molecule has 7 heteroatoms. The number of aromatic nitrogens is 1. The molecule has 0 radical (unpaired) electrons. The van der Waals surface area contributed by atoms with E-state index in [2.05, 4.69) is 5.32 Å². The van der Waals surface area contributed by atoms with Gasteiger partial charge in [-0.15, -0.1) is 0 Å². The molecule has 0 spiro atoms. The third-order valence-electron chi connectivity index (χ3n) is 2.95. The van der Waals surface area contributed by atoms with Crippen molar-refractivity contribution in [3.05, 3.63) is 47.8 Å². The van der Waals surface area contributed by atoms with Crippen molar-refractivity contribution < 1.29 is 13.2 Å². The standard InChI is InChI=1S/C13H15N3O3S/c1-9-8-10(20(14,18)19)5-6-11(9)15-13(17)12-4-3-7-16(12)2/h3-8H,1-2H3,(H,15,17)(H2,14,18,19). The Morgan fingerprint density at radius 3 is 2.50 bits per heavy atom. The van der Waals surface area contributed by atoms with Crippen LogP contribution in [0.3, 0.4) is 0 Å². The average Bonchev–Trinajstić information content (AvgIpc) is 2.76. The molecular formula is C13H15N3O3S. The summed E-state index contributed by atoms with van der Waals surface area (Å²) < 4.78 is 24.2. The highest BCUT2D eigenvalue weighted by Gasteiger charge is 2.13. The molecule has 0 saturated carbocycles. The molecule has 106 valence electrons. The minimum atomic E-state index is -3.74. The van der Waals surface area contributed by atoms with Gasteiger partial charge in [0.25, 0.3) is 5.91 Å². The van der Waals surface area contributed by atoms with Crippen molar-refractivity contribution in [3.8, 4) is 0 Å². The van der Waals surface area contributed by atoms with Crippen LogP contribution in [0.25, 0.3) is 0 Å². The lowest BCUT2D eigenvalue weighted by molar-refractivity contribution is 0.101. The minimum absolute atomic E-state index is 0.0202. The zero-order valence-electron chi connectivity index (χ0n) is 11.1. The van der Waals surface area contributed by atoms with Crippen LogP contribution in [-0.4, -0.2) is 18.9 Å². The van der Waals surface area contributed by atoms with E-state index in [9.17, 15) is 13.2 Å². The number of sulfonamides is 1. The van der Waals surface area contributed by atoms with Crippen LogP contribution in [-0.2, 0) is 17.1 Å². The summed E-state index contributed by atoms with van der Waals surface area (Å²) in [6.45, 7) is 1.70. The first-order valence-electron chi connectivity index (χ1n) is 5.85. The van der Waals surface area contributed by atoms with Gasteiger partial charge in [0.05, 0.1) is 4.90 Å². The molecule has 0 aliphatic rings. The molecule has 0 fully saturated rings. The van der Waals surface area contributed by atoms with Crippen molar-refractivity contribution in [2.45, 2.75) is 11.8 Å². The first-order valence-corrected chi connectivity index (χ1v) is 7.40. The number of carbonyl (C=O) groups excluding carboxylic acids is 1. The number of hydrogen-bond acceptors (Lipinski definition) is 3. The van der Waals surface area contributed by atoms with Crippen LogP contribution in [0, 0.1) is 6.92 Å². The highest BCUT2D eigenvalue weighted by Crippen LogP contribution is 2.19. The van der Waals surface area contributed by atoms with E-state index in [1.165, 1.54) is 18.2 Å². The minimum Gasteiger partial charge on any atom is -0.347 e. The Hall–Kier alpha value is -2.12. The van der Waals surface area contributed by atoms with Gasteiger partial charge in [0, 0.05) is 18.9 Å². The Labute approximate surface area is 117 Å². The lowest BCUT2D eigenvalue weighted by Gasteiger charge is -2.10.